The van der Waals surface area contributed by atoms with Crippen LogP contribution >= 0.6 is 0 Å². The SMILES string of the molecule is COC(=O)NC(C(=O)Nc1ccccc1CC[C@@H]1CN(C(=O)O)C[C@@H](CCO)O1)C(c1ccccc1)c1ccccc1. The van der Waals surface area contributed by atoms with Crippen LogP contribution < -0.4 is 10.6 Å². The monoisotopic (exact) mass is 575 g/mol. The second-order valence-electron chi connectivity index (χ2n) is 10.2. The van der Waals surface area contributed by atoms with Gasteiger partial charge in [0.2, 0.25) is 5.91 Å². The highest BCUT2D eigenvalue weighted by Gasteiger charge is 2.34. The molecule has 222 valence electrons. The molecule has 3 aromatic carbocycles. The lowest BCUT2D eigenvalue weighted by atomic mass is 9.84. The molecule has 0 aliphatic carbocycles. The molecule has 1 fully saturated rings. The van der Waals surface area contributed by atoms with Crippen molar-refractivity contribution in [1.29, 1.82) is 0 Å². The molecular formula is C32H37N3O7. The molecule has 0 aromatic heterocycles. The summed E-state index contributed by atoms with van der Waals surface area (Å²) in [4.78, 5) is 39.4. The molecule has 3 aromatic rings. The number of alkyl carbamates (subject to hydrolysis) is 1. The van der Waals surface area contributed by atoms with Crippen molar-refractivity contribution in [3.05, 3.63) is 102 Å². The van der Waals surface area contributed by atoms with Gasteiger partial charge >= 0.3 is 12.2 Å². The normalized spacial score (nSPS) is 17.4. The predicted octanol–water partition coefficient (Wildman–Crippen LogP) is 4.24. The Morgan fingerprint density at radius 2 is 1.48 bits per heavy atom. The van der Waals surface area contributed by atoms with E-state index in [-0.39, 0.29) is 31.9 Å². The Bertz CT molecular complexity index is 1280. The first kappa shape index (κ1) is 30.5. The lowest BCUT2D eigenvalue weighted by molar-refractivity contribution is -0.118. The topological polar surface area (TPSA) is 137 Å². The average Bonchev–Trinajstić information content (AvgIpc) is 3.01. The highest BCUT2D eigenvalue weighted by molar-refractivity contribution is 5.98. The lowest BCUT2D eigenvalue weighted by Crippen LogP contribution is -2.50. The van der Waals surface area contributed by atoms with Crippen LogP contribution in [0.2, 0.25) is 0 Å². The van der Waals surface area contributed by atoms with Crippen LogP contribution in [0.3, 0.4) is 0 Å². The molecule has 1 saturated heterocycles. The number of carbonyl (C=O) groups is 3. The van der Waals surface area contributed by atoms with E-state index >= 15 is 0 Å². The van der Waals surface area contributed by atoms with E-state index in [2.05, 4.69) is 10.6 Å². The van der Waals surface area contributed by atoms with Crippen molar-refractivity contribution >= 4 is 23.8 Å². The van der Waals surface area contributed by atoms with Gasteiger partial charge in [-0.15, -0.1) is 0 Å². The number of benzene rings is 3. The Balaban J connectivity index is 1.56. The summed E-state index contributed by atoms with van der Waals surface area (Å²) in [6.45, 7) is 0.359. The first-order chi connectivity index (χ1) is 20.4. The van der Waals surface area contributed by atoms with Gasteiger partial charge in [0.1, 0.15) is 6.04 Å². The number of aryl methyl sites for hydroxylation is 1. The summed E-state index contributed by atoms with van der Waals surface area (Å²) in [6, 6.07) is 25.4. The van der Waals surface area contributed by atoms with Crippen molar-refractivity contribution in [2.24, 2.45) is 0 Å². The summed E-state index contributed by atoms with van der Waals surface area (Å²) < 4.78 is 10.9. The van der Waals surface area contributed by atoms with E-state index in [0.29, 0.717) is 24.9 Å². The summed E-state index contributed by atoms with van der Waals surface area (Å²) in [5.74, 6) is -0.917. The van der Waals surface area contributed by atoms with E-state index in [1.54, 1.807) is 6.07 Å². The second kappa shape index (κ2) is 15.0. The number of para-hydroxylation sites is 1. The third-order valence-corrected chi connectivity index (χ3v) is 7.36. The molecular weight excluding hydrogens is 538 g/mol. The van der Waals surface area contributed by atoms with Crippen LogP contribution in [0, 0.1) is 0 Å². The molecule has 1 aliphatic heterocycles. The van der Waals surface area contributed by atoms with Crippen LogP contribution in [0.25, 0.3) is 0 Å². The quantitative estimate of drug-likeness (QED) is 0.268. The number of hydrogen-bond acceptors (Lipinski definition) is 6. The van der Waals surface area contributed by atoms with Crippen LogP contribution in [-0.2, 0) is 20.7 Å². The lowest BCUT2D eigenvalue weighted by Gasteiger charge is -2.36. The van der Waals surface area contributed by atoms with Crippen molar-refractivity contribution in [1.82, 2.24) is 10.2 Å². The van der Waals surface area contributed by atoms with Gasteiger partial charge in [-0.05, 0) is 42.0 Å². The summed E-state index contributed by atoms with van der Waals surface area (Å²) in [6.07, 6.45) is -1.10. The van der Waals surface area contributed by atoms with Gasteiger partial charge in [-0.1, -0.05) is 78.9 Å². The number of aliphatic hydroxyl groups excluding tert-OH is 1. The first-order valence-corrected chi connectivity index (χ1v) is 14.0. The average molecular weight is 576 g/mol. The van der Waals surface area contributed by atoms with Crippen LogP contribution in [0.4, 0.5) is 15.3 Å². The van der Waals surface area contributed by atoms with E-state index in [0.717, 1.165) is 16.7 Å². The summed E-state index contributed by atoms with van der Waals surface area (Å²) >= 11 is 0. The minimum absolute atomic E-state index is 0.0898. The summed E-state index contributed by atoms with van der Waals surface area (Å²) in [5, 5.41) is 24.6. The number of amides is 3. The van der Waals surface area contributed by atoms with E-state index in [9.17, 15) is 24.6 Å². The zero-order chi connectivity index (χ0) is 29.9. The number of carboxylic acid groups (broad SMARTS) is 1. The van der Waals surface area contributed by atoms with Gasteiger partial charge in [-0.25, -0.2) is 9.59 Å². The smallest absolute Gasteiger partial charge is 0.407 e. The fourth-order valence-corrected chi connectivity index (χ4v) is 5.31. The fourth-order valence-electron chi connectivity index (χ4n) is 5.31. The molecule has 0 bridgehead atoms. The summed E-state index contributed by atoms with van der Waals surface area (Å²) in [7, 11) is 1.25. The number of carbonyl (C=O) groups excluding carboxylic acids is 2. The number of ether oxygens (including phenoxy) is 2. The highest BCUT2D eigenvalue weighted by atomic mass is 16.5. The number of methoxy groups -OCH3 is 1. The standard InChI is InChI=1S/C32H37N3O7/c1-41-31(38)34-29(28(23-11-4-2-5-12-23)24-13-6-3-7-14-24)30(37)33-27-15-9-8-10-22(27)16-17-25-20-35(32(39)40)21-26(42-25)18-19-36/h2-15,25-26,28-29,36H,16-21H2,1H3,(H,33,37)(H,34,38)(H,39,40)/t25-,26-,29?/m1/s1. The third-order valence-electron chi connectivity index (χ3n) is 7.36. The fraction of sp³-hybridized carbons (Fsp3) is 0.344. The predicted molar refractivity (Wildman–Crippen MR) is 157 cm³/mol. The van der Waals surface area contributed by atoms with Crippen LogP contribution in [-0.4, -0.2) is 78.3 Å². The van der Waals surface area contributed by atoms with Crippen LogP contribution in [0.5, 0.6) is 0 Å². The number of morpholine rings is 1. The Labute approximate surface area is 245 Å². The van der Waals surface area contributed by atoms with Gasteiger partial charge < -0.3 is 35.2 Å². The Kier molecular flexibility index (Phi) is 10.9. The van der Waals surface area contributed by atoms with Crippen molar-refractivity contribution < 1.29 is 34.1 Å². The van der Waals surface area contributed by atoms with E-state index < -0.39 is 30.1 Å². The maximum absolute atomic E-state index is 13.9. The van der Waals surface area contributed by atoms with Gasteiger partial charge in [-0.3, -0.25) is 4.79 Å². The van der Waals surface area contributed by atoms with Crippen molar-refractivity contribution in [2.45, 2.75) is 43.4 Å². The van der Waals surface area contributed by atoms with Crippen LogP contribution in [0.15, 0.2) is 84.9 Å². The maximum atomic E-state index is 13.9. The van der Waals surface area contributed by atoms with Crippen LogP contribution in [0.1, 0.15) is 35.4 Å². The van der Waals surface area contributed by atoms with Gasteiger partial charge in [0.05, 0.1) is 32.4 Å². The molecule has 4 rings (SSSR count). The maximum Gasteiger partial charge on any atom is 0.407 e. The molecule has 4 N–H and O–H groups in total. The van der Waals surface area contributed by atoms with Gasteiger partial charge in [-0.2, -0.15) is 0 Å². The zero-order valence-corrected chi connectivity index (χ0v) is 23.5. The van der Waals surface area contributed by atoms with Gasteiger partial charge in [0, 0.05) is 18.2 Å². The highest BCUT2D eigenvalue weighted by Crippen LogP contribution is 2.30. The molecule has 10 heteroatoms. The minimum atomic E-state index is -1.02. The molecule has 3 amide bonds. The molecule has 1 unspecified atom stereocenters. The number of nitrogens with zero attached hydrogens (tertiary/aromatic N) is 1. The number of rotatable bonds is 11. The first-order valence-electron chi connectivity index (χ1n) is 14.0. The number of hydrogen-bond donors (Lipinski definition) is 4. The largest absolute Gasteiger partial charge is 0.465 e. The Hall–Kier alpha value is -4.41. The molecule has 0 saturated carbocycles. The third kappa shape index (κ3) is 8.08. The number of anilines is 1. The van der Waals surface area contributed by atoms with Gasteiger partial charge in [0.15, 0.2) is 0 Å². The second-order valence-corrected chi connectivity index (χ2v) is 10.2. The molecule has 1 heterocycles. The van der Waals surface area contributed by atoms with Gasteiger partial charge in [0.25, 0.3) is 0 Å². The summed E-state index contributed by atoms with van der Waals surface area (Å²) in [5.41, 5.74) is 3.12. The molecule has 1 aliphatic rings. The Morgan fingerprint density at radius 3 is 2.05 bits per heavy atom. The minimum Gasteiger partial charge on any atom is -0.465 e. The molecule has 0 spiro atoms. The molecule has 3 atom stereocenters. The molecule has 0 radical (unpaired) electrons. The Morgan fingerprint density at radius 1 is 0.905 bits per heavy atom. The molecule has 10 nitrogen and oxygen atoms in total. The van der Waals surface area contributed by atoms with Crippen molar-refractivity contribution in [2.75, 3.05) is 32.1 Å². The number of nitrogens with one attached hydrogen (secondary N) is 2. The van der Waals surface area contributed by atoms with E-state index in [1.807, 2.05) is 78.9 Å². The molecule has 42 heavy (non-hydrogen) atoms. The van der Waals surface area contributed by atoms with Crippen molar-refractivity contribution in [3.63, 3.8) is 0 Å². The zero-order valence-electron chi connectivity index (χ0n) is 23.5. The number of aliphatic hydroxyl groups is 1. The van der Waals surface area contributed by atoms with Crippen molar-refractivity contribution in [3.8, 4) is 0 Å². The van der Waals surface area contributed by atoms with E-state index in [1.165, 1.54) is 12.0 Å². The van der Waals surface area contributed by atoms with E-state index in [4.69, 9.17) is 9.47 Å².